The lowest BCUT2D eigenvalue weighted by Crippen LogP contribution is -2.37. The first-order chi connectivity index (χ1) is 14.2. The van der Waals surface area contributed by atoms with Crippen LogP contribution in [-0.4, -0.2) is 46.5 Å². The molecule has 1 saturated heterocycles. The van der Waals surface area contributed by atoms with Crippen molar-refractivity contribution in [2.24, 2.45) is 0 Å². The molecule has 1 fully saturated rings. The lowest BCUT2D eigenvalue weighted by molar-refractivity contribution is 0.0775. The van der Waals surface area contributed by atoms with Gasteiger partial charge in [-0.1, -0.05) is 18.2 Å². The van der Waals surface area contributed by atoms with E-state index in [-0.39, 0.29) is 11.5 Å². The average molecular weight is 390 g/mol. The minimum atomic E-state index is -0.181. The van der Waals surface area contributed by atoms with Crippen LogP contribution in [0, 0.1) is 0 Å². The number of hydrogen-bond acceptors (Lipinski definition) is 4. The molecular formula is C23H26N4O2. The molecule has 1 aromatic carbocycles. The number of benzene rings is 1. The number of aromatic nitrogens is 2. The number of rotatable bonds is 5. The number of carbonyl (C=O) groups is 1. The van der Waals surface area contributed by atoms with Crippen molar-refractivity contribution in [2.75, 3.05) is 31.1 Å². The summed E-state index contributed by atoms with van der Waals surface area (Å²) >= 11 is 0. The van der Waals surface area contributed by atoms with Gasteiger partial charge in [-0.05, 0) is 51.0 Å². The molecule has 0 aliphatic carbocycles. The summed E-state index contributed by atoms with van der Waals surface area (Å²) < 4.78 is 1.64. The van der Waals surface area contributed by atoms with Crippen LogP contribution in [0.15, 0.2) is 53.5 Å². The molecule has 6 heteroatoms. The van der Waals surface area contributed by atoms with E-state index in [1.54, 1.807) is 15.7 Å². The Hall–Kier alpha value is -3.15. The minimum absolute atomic E-state index is 0.104. The van der Waals surface area contributed by atoms with Crippen LogP contribution in [0.4, 0.5) is 5.69 Å². The lowest BCUT2D eigenvalue weighted by Gasteiger charge is -2.26. The molecule has 0 N–H and O–H groups in total. The molecule has 29 heavy (non-hydrogen) atoms. The Bertz CT molecular complexity index is 1080. The van der Waals surface area contributed by atoms with Gasteiger partial charge in [0.15, 0.2) is 0 Å². The van der Waals surface area contributed by atoms with E-state index in [1.165, 1.54) is 0 Å². The molecule has 4 rings (SSSR count). The molecule has 0 unspecified atom stereocenters. The van der Waals surface area contributed by atoms with Gasteiger partial charge in [-0.2, -0.15) is 0 Å². The number of hydrogen-bond donors (Lipinski definition) is 0. The Morgan fingerprint density at radius 2 is 1.72 bits per heavy atom. The molecule has 1 aliphatic rings. The van der Waals surface area contributed by atoms with E-state index in [4.69, 9.17) is 0 Å². The third kappa shape index (κ3) is 3.28. The summed E-state index contributed by atoms with van der Waals surface area (Å²) in [7, 11) is 0. The van der Waals surface area contributed by atoms with E-state index in [9.17, 15) is 9.59 Å². The lowest BCUT2D eigenvalue weighted by atomic mass is 10.1. The molecule has 6 nitrogen and oxygen atoms in total. The number of amides is 1. The summed E-state index contributed by atoms with van der Waals surface area (Å²) in [5, 5.41) is 0.717. The van der Waals surface area contributed by atoms with E-state index in [0.717, 1.165) is 37.0 Å². The third-order valence-corrected chi connectivity index (χ3v) is 5.61. The van der Waals surface area contributed by atoms with Gasteiger partial charge in [0.25, 0.3) is 11.5 Å². The first kappa shape index (κ1) is 19.2. The molecule has 1 amide bonds. The van der Waals surface area contributed by atoms with Crippen molar-refractivity contribution in [3.63, 3.8) is 0 Å². The quantitative estimate of drug-likeness (QED) is 0.669. The topological polar surface area (TPSA) is 58.4 Å². The maximum Gasteiger partial charge on any atom is 0.281 e. The normalized spacial score (nSPS) is 13.8. The van der Waals surface area contributed by atoms with Gasteiger partial charge in [-0.3, -0.25) is 14.2 Å². The van der Waals surface area contributed by atoms with Crippen LogP contribution < -0.4 is 10.5 Å². The van der Waals surface area contributed by atoms with Gasteiger partial charge in [-0.15, -0.1) is 0 Å². The van der Waals surface area contributed by atoms with Crippen molar-refractivity contribution >= 4 is 22.6 Å². The van der Waals surface area contributed by atoms with Crippen LogP contribution in [0.3, 0.4) is 0 Å². The highest BCUT2D eigenvalue weighted by Crippen LogP contribution is 2.30. The van der Waals surface area contributed by atoms with Gasteiger partial charge in [0.2, 0.25) is 0 Å². The number of anilines is 1. The van der Waals surface area contributed by atoms with Crippen LogP contribution >= 0.6 is 0 Å². The van der Waals surface area contributed by atoms with Gasteiger partial charge >= 0.3 is 0 Å². The predicted molar refractivity (Wildman–Crippen MR) is 116 cm³/mol. The summed E-state index contributed by atoms with van der Waals surface area (Å²) in [6.45, 7) is 6.68. The third-order valence-electron chi connectivity index (χ3n) is 5.61. The fourth-order valence-electron chi connectivity index (χ4n) is 4.14. The standard InChI is InChI=1S/C23H26N4O2/c1-3-25(4-2)22(28)19-18-13-10-14-24-21(18)27(17-11-6-5-7-12-17)23(29)20(19)26-15-8-9-16-26/h5-7,10-14H,3-4,8-9,15-16H2,1-2H3. The van der Waals surface area contributed by atoms with Crippen molar-refractivity contribution in [3.05, 3.63) is 64.6 Å². The first-order valence-corrected chi connectivity index (χ1v) is 10.3. The SMILES string of the molecule is CCN(CC)C(=O)c1c(N2CCCC2)c(=O)n(-c2ccccc2)c2ncccc12. The van der Waals surface area contributed by atoms with Crippen molar-refractivity contribution in [3.8, 4) is 5.69 Å². The van der Waals surface area contributed by atoms with Gasteiger partial charge in [0, 0.05) is 37.8 Å². The highest BCUT2D eigenvalue weighted by molar-refractivity contribution is 6.10. The second-order valence-electron chi connectivity index (χ2n) is 7.25. The van der Waals surface area contributed by atoms with Crippen LogP contribution in [0.25, 0.3) is 16.7 Å². The Morgan fingerprint density at radius 3 is 2.38 bits per heavy atom. The van der Waals surface area contributed by atoms with Crippen LogP contribution in [0.2, 0.25) is 0 Å². The van der Waals surface area contributed by atoms with Gasteiger partial charge in [0.1, 0.15) is 11.3 Å². The van der Waals surface area contributed by atoms with Gasteiger partial charge < -0.3 is 9.80 Å². The molecule has 0 spiro atoms. The molecule has 1 aliphatic heterocycles. The summed E-state index contributed by atoms with van der Waals surface area (Å²) in [6, 6.07) is 13.3. The monoisotopic (exact) mass is 390 g/mol. The zero-order valence-corrected chi connectivity index (χ0v) is 17.0. The molecule has 0 saturated carbocycles. The zero-order valence-electron chi connectivity index (χ0n) is 17.0. The highest BCUT2D eigenvalue weighted by atomic mass is 16.2. The second kappa shape index (κ2) is 8.07. The number of pyridine rings is 2. The Balaban J connectivity index is 2.10. The fourth-order valence-corrected chi connectivity index (χ4v) is 4.14. The maximum atomic E-state index is 13.8. The fraction of sp³-hybridized carbons (Fsp3) is 0.348. The molecule has 3 aromatic rings. The predicted octanol–water partition coefficient (Wildman–Crippen LogP) is 3.47. The maximum absolute atomic E-state index is 13.8. The molecule has 2 aromatic heterocycles. The van der Waals surface area contributed by atoms with E-state index < -0.39 is 0 Å². The summed E-state index contributed by atoms with van der Waals surface area (Å²) in [4.78, 5) is 35.7. The van der Waals surface area contributed by atoms with Crippen LogP contribution in [-0.2, 0) is 0 Å². The van der Waals surface area contributed by atoms with Crippen molar-refractivity contribution < 1.29 is 4.79 Å². The van der Waals surface area contributed by atoms with E-state index >= 15 is 0 Å². The van der Waals surface area contributed by atoms with E-state index in [2.05, 4.69) is 9.88 Å². The van der Waals surface area contributed by atoms with Gasteiger partial charge in [0.05, 0.1) is 11.3 Å². The Kier molecular flexibility index (Phi) is 5.34. The van der Waals surface area contributed by atoms with Crippen LogP contribution in [0.1, 0.15) is 37.0 Å². The molecular weight excluding hydrogens is 364 g/mol. The number of para-hydroxylation sites is 1. The van der Waals surface area contributed by atoms with Crippen molar-refractivity contribution in [1.82, 2.24) is 14.5 Å². The smallest absolute Gasteiger partial charge is 0.281 e. The zero-order chi connectivity index (χ0) is 20.4. The second-order valence-corrected chi connectivity index (χ2v) is 7.25. The molecule has 3 heterocycles. The number of fused-ring (bicyclic) bond motifs is 1. The Morgan fingerprint density at radius 1 is 1.03 bits per heavy atom. The molecule has 0 radical (unpaired) electrons. The minimum Gasteiger partial charge on any atom is -0.366 e. The largest absolute Gasteiger partial charge is 0.366 e. The van der Waals surface area contributed by atoms with Crippen LogP contribution in [0.5, 0.6) is 0 Å². The molecule has 0 bridgehead atoms. The molecule has 150 valence electrons. The number of nitrogens with zero attached hydrogens (tertiary/aromatic N) is 4. The van der Waals surface area contributed by atoms with E-state index in [0.29, 0.717) is 30.0 Å². The van der Waals surface area contributed by atoms with E-state index in [1.807, 2.05) is 56.3 Å². The number of carbonyl (C=O) groups excluding carboxylic acids is 1. The summed E-state index contributed by atoms with van der Waals surface area (Å²) in [5.74, 6) is -0.104. The Labute approximate surface area is 170 Å². The first-order valence-electron chi connectivity index (χ1n) is 10.3. The molecule has 0 atom stereocenters. The van der Waals surface area contributed by atoms with Gasteiger partial charge in [-0.25, -0.2) is 4.98 Å². The summed E-state index contributed by atoms with van der Waals surface area (Å²) in [6.07, 6.45) is 3.71. The van der Waals surface area contributed by atoms with Crippen molar-refractivity contribution in [2.45, 2.75) is 26.7 Å². The highest BCUT2D eigenvalue weighted by Gasteiger charge is 2.30. The summed E-state index contributed by atoms with van der Waals surface area (Å²) in [5.41, 5.74) is 2.07. The average Bonchev–Trinajstić information content (AvgIpc) is 3.28. The van der Waals surface area contributed by atoms with Crippen molar-refractivity contribution in [1.29, 1.82) is 0 Å².